The average molecular weight is 423 g/mol. The maximum absolute atomic E-state index is 12.6. The maximum Gasteiger partial charge on any atom is 0.285 e. The van der Waals surface area contributed by atoms with E-state index in [2.05, 4.69) is 5.43 Å². The molecule has 1 aliphatic rings. The third kappa shape index (κ3) is 4.10. The van der Waals surface area contributed by atoms with Gasteiger partial charge in [0, 0.05) is 5.02 Å². The van der Waals surface area contributed by atoms with Crippen LogP contribution in [0.25, 0.3) is 6.08 Å². The van der Waals surface area contributed by atoms with Crippen molar-refractivity contribution in [2.75, 3.05) is 0 Å². The van der Waals surface area contributed by atoms with Crippen molar-refractivity contribution in [3.05, 3.63) is 74.1 Å². The Labute approximate surface area is 170 Å². The van der Waals surface area contributed by atoms with Gasteiger partial charge in [0.2, 0.25) is 0 Å². The fraction of sp³-hybridized carbons (Fsp3) is 0.0556. The lowest BCUT2D eigenvalue weighted by molar-refractivity contribution is -0.123. The number of hydrogen-bond donors (Lipinski definition) is 1. The van der Waals surface area contributed by atoms with E-state index in [9.17, 15) is 9.59 Å². The van der Waals surface area contributed by atoms with Gasteiger partial charge in [-0.1, -0.05) is 53.2 Å². The first-order chi connectivity index (χ1) is 12.3. The lowest BCUT2D eigenvalue weighted by atomic mass is 10.1. The molecule has 0 spiro atoms. The Morgan fingerprint density at radius 2 is 2.00 bits per heavy atom. The molecule has 1 saturated heterocycles. The summed E-state index contributed by atoms with van der Waals surface area (Å²) in [5, 5.41) is 1.92. The normalized spacial score (nSPS) is 15.7. The molecular weight excluding hydrogens is 411 g/mol. The zero-order valence-electron chi connectivity index (χ0n) is 13.5. The van der Waals surface area contributed by atoms with Crippen molar-refractivity contribution in [2.24, 2.45) is 0 Å². The molecule has 1 N–H and O–H groups in total. The minimum Gasteiger partial charge on any atom is -0.267 e. The lowest BCUT2D eigenvalue weighted by Crippen LogP contribution is -2.44. The van der Waals surface area contributed by atoms with Crippen LogP contribution in [-0.2, 0) is 4.79 Å². The summed E-state index contributed by atoms with van der Waals surface area (Å²) in [7, 11) is 0. The quantitative estimate of drug-likeness (QED) is 0.567. The second kappa shape index (κ2) is 7.80. The Kier molecular flexibility index (Phi) is 5.67. The molecule has 1 aliphatic heterocycles. The number of aryl methyl sites for hydroxylation is 1. The Bertz CT molecular complexity index is 960. The van der Waals surface area contributed by atoms with Crippen LogP contribution in [0.15, 0.2) is 47.4 Å². The molecule has 26 heavy (non-hydrogen) atoms. The Morgan fingerprint density at radius 3 is 2.69 bits per heavy atom. The number of hydrogen-bond acceptors (Lipinski definition) is 4. The fourth-order valence-corrected chi connectivity index (χ4v) is 3.98. The second-order valence-corrected chi connectivity index (χ2v) is 8.02. The van der Waals surface area contributed by atoms with Gasteiger partial charge in [-0.3, -0.25) is 15.0 Å². The van der Waals surface area contributed by atoms with E-state index in [0.717, 1.165) is 27.9 Å². The van der Waals surface area contributed by atoms with Gasteiger partial charge in [-0.25, -0.2) is 0 Å². The molecule has 0 aromatic heterocycles. The molecule has 8 heteroatoms. The molecule has 132 valence electrons. The topological polar surface area (TPSA) is 49.4 Å². The van der Waals surface area contributed by atoms with Gasteiger partial charge in [0.05, 0.1) is 15.5 Å². The Hall–Kier alpha value is -1.86. The van der Waals surface area contributed by atoms with Crippen LogP contribution in [0.3, 0.4) is 0 Å². The van der Waals surface area contributed by atoms with Crippen molar-refractivity contribution in [3.8, 4) is 0 Å². The number of halogens is 2. The number of benzene rings is 2. The van der Waals surface area contributed by atoms with E-state index in [1.807, 2.05) is 13.0 Å². The van der Waals surface area contributed by atoms with E-state index in [0.29, 0.717) is 15.0 Å². The first-order valence-corrected chi connectivity index (χ1v) is 9.44. The van der Waals surface area contributed by atoms with Gasteiger partial charge < -0.3 is 0 Å². The highest BCUT2D eigenvalue weighted by Crippen LogP contribution is 2.32. The third-order valence-corrected chi connectivity index (χ3v) is 5.37. The maximum atomic E-state index is 12.6. The van der Waals surface area contributed by atoms with Gasteiger partial charge in [0.15, 0.2) is 4.32 Å². The first kappa shape index (κ1) is 18.9. The van der Waals surface area contributed by atoms with Crippen LogP contribution < -0.4 is 5.43 Å². The minimum atomic E-state index is -0.504. The van der Waals surface area contributed by atoms with E-state index < -0.39 is 11.8 Å². The summed E-state index contributed by atoms with van der Waals surface area (Å²) in [5.74, 6) is -0.910. The number of thiocarbonyl (C=S) groups is 1. The van der Waals surface area contributed by atoms with Crippen LogP contribution in [0.4, 0.5) is 0 Å². The van der Waals surface area contributed by atoms with Gasteiger partial charge >= 0.3 is 0 Å². The standard InChI is InChI=1S/C18H12Cl2N2O2S2/c1-10-5-6-13(14(20)7-10)16(23)21-22-17(24)15(26-18(22)25)9-11-3-2-4-12(19)8-11/h2-9H,1H3,(H,21,23)/b15-9+. The molecule has 4 nitrogen and oxygen atoms in total. The number of carbonyl (C=O) groups is 2. The molecule has 0 radical (unpaired) electrons. The average Bonchev–Trinajstić information content (AvgIpc) is 2.82. The molecule has 0 atom stereocenters. The number of rotatable bonds is 3. The summed E-state index contributed by atoms with van der Waals surface area (Å²) < 4.78 is 0.236. The smallest absolute Gasteiger partial charge is 0.267 e. The predicted molar refractivity (Wildman–Crippen MR) is 110 cm³/mol. The van der Waals surface area contributed by atoms with Crippen LogP contribution in [0.2, 0.25) is 10.0 Å². The van der Waals surface area contributed by atoms with E-state index in [4.69, 9.17) is 35.4 Å². The monoisotopic (exact) mass is 422 g/mol. The van der Waals surface area contributed by atoms with E-state index >= 15 is 0 Å². The number of amides is 2. The van der Waals surface area contributed by atoms with Crippen molar-refractivity contribution in [2.45, 2.75) is 6.92 Å². The van der Waals surface area contributed by atoms with Crippen molar-refractivity contribution in [3.63, 3.8) is 0 Å². The SMILES string of the molecule is Cc1ccc(C(=O)NN2C(=O)/C(=C\c3cccc(Cl)c3)SC2=S)c(Cl)c1. The summed E-state index contributed by atoms with van der Waals surface area (Å²) in [6, 6.07) is 12.1. The number of nitrogens with zero attached hydrogens (tertiary/aromatic N) is 1. The highest BCUT2D eigenvalue weighted by Gasteiger charge is 2.34. The molecule has 0 saturated carbocycles. The number of carbonyl (C=O) groups excluding carboxylic acids is 2. The molecular formula is C18H12Cl2N2O2S2. The van der Waals surface area contributed by atoms with Gasteiger partial charge in [0.1, 0.15) is 0 Å². The molecule has 1 fully saturated rings. The van der Waals surface area contributed by atoms with Gasteiger partial charge in [-0.05, 0) is 60.6 Å². The second-order valence-electron chi connectivity index (χ2n) is 5.50. The highest BCUT2D eigenvalue weighted by atomic mass is 35.5. The minimum absolute atomic E-state index is 0.236. The Balaban J connectivity index is 1.80. The lowest BCUT2D eigenvalue weighted by Gasteiger charge is -2.16. The number of nitrogens with one attached hydrogen (secondary N) is 1. The molecule has 2 aromatic rings. The Morgan fingerprint density at radius 1 is 1.23 bits per heavy atom. The molecule has 0 aliphatic carbocycles. The van der Waals surface area contributed by atoms with Crippen LogP contribution in [0.1, 0.15) is 21.5 Å². The molecule has 2 amide bonds. The van der Waals surface area contributed by atoms with Crippen LogP contribution in [-0.4, -0.2) is 21.1 Å². The van der Waals surface area contributed by atoms with E-state index in [1.54, 1.807) is 42.5 Å². The van der Waals surface area contributed by atoms with Crippen LogP contribution >= 0.6 is 47.2 Å². The fourth-order valence-electron chi connectivity index (χ4n) is 2.28. The predicted octanol–water partition coefficient (Wildman–Crippen LogP) is 4.85. The van der Waals surface area contributed by atoms with Crippen molar-refractivity contribution >= 4 is 69.4 Å². The van der Waals surface area contributed by atoms with E-state index in [-0.39, 0.29) is 9.88 Å². The van der Waals surface area contributed by atoms with Gasteiger partial charge in [-0.15, -0.1) is 0 Å². The number of thioether (sulfide) groups is 1. The van der Waals surface area contributed by atoms with Gasteiger partial charge in [0.25, 0.3) is 11.8 Å². The molecule has 1 heterocycles. The molecule has 2 aromatic carbocycles. The summed E-state index contributed by atoms with van der Waals surface area (Å²) in [6.45, 7) is 1.87. The number of hydrazine groups is 1. The van der Waals surface area contributed by atoms with E-state index in [1.165, 1.54) is 0 Å². The van der Waals surface area contributed by atoms with Crippen molar-refractivity contribution in [1.29, 1.82) is 0 Å². The van der Waals surface area contributed by atoms with Crippen LogP contribution in [0.5, 0.6) is 0 Å². The first-order valence-electron chi connectivity index (χ1n) is 7.46. The third-order valence-electron chi connectivity index (χ3n) is 3.52. The van der Waals surface area contributed by atoms with Gasteiger partial charge in [-0.2, -0.15) is 5.01 Å². The molecule has 3 rings (SSSR count). The van der Waals surface area contributed by atoms with Crippen molar-refractivity contribution < 1.29 is 9.59 Å². The summed E-state index contributed by atoms with van der Waals surface area (Å²) >= 11 is 18.4. The zero-order chi connectivity index (χ0) is 18.8. The highest BCUT2D eigenvalue weighted by molar-refractivity contribution is 8.26. The van der Waals surface area contributed by atoms with Crippen molar-refractivity contribution in [1.82, 2.24) is 10.4 Å². The summed E-state index contributed by atoms with van der Waals surface area (Å²) in [4.78, 5) is 25.4. The summed E-state index contributed by atoms with van der Waals surface area (Å²) in [6.07, 6.45) is 1.68. The largest absolute Gasteiger partial charge is 0.285 e. The molecule has 0 unspecified atom stereocenters. The summed E-state index contributed by atoms with van der Waals surface area (Å²) in [5.41, 5.74) is 4.48. The van der Waals surface area contributed by atoms with Crippen LogP contribution in [0, 0.1) is 6.92 Å². The zero-order valence-corrected chi connectivity index (χ0v) is 16.6. The molecule has 0 bridgehead atoms.